The average Bonchev–Trinajstić information content (AvgIpc) is 3.25. The van der Waals surface area contributed by atoms with Gasteiger partial charge in [-0.1, -0.05) is 18.2 Å². The maximum Gasteiger partial charge on any atom is 0.251 e. The van der Waals surface area contributed by atoms with E-state index >= 15 is 0 Å². The van der Waals surface area contributed by atoms with Gasteiger partial charge in [-0.05, 0) is 38.3 Å². The van der Waals surface area contributed by atoms with E-state index in [0.717, 1.165) is 17.8 Å². The van der Waals surface area contributed by atoms with Crippen molar-refractivity contribution in [2.75, 3.05) is 11.4 Å². The normalized spacial score (nSPS) is 21.3. The molecule has 0 aromatic heterocycles. The van der Waals surface area contributed by atoms with E-state index in [1.807, 2.05) is 36.9 Å². The number of hydrogen-bond donors (Lipinski definition) is 2. The minimum Gasteiger partial charge on any atom is -0.348 e. The summed E-state index contributed by atoms with van der Waals surface area (Å²) in [5.74, 6) is -0.493. The summed E-state index contributed by atoms with van der Waals surface area (Å²) in [4.78, 5) is 25.8. The highest BCUT2D eigenvalue weighted by molar-refractivity contribution is 6.06. The fourth-order valence-electron chi connectivity index (χ4n) is 2.63. The van der Waals surface area contributed by atoms with Crippen LogP contribution in [0.1, 0.15) is 32.3 Å². The third kappa shape index (κ3) is 2.78. The topological polar surface area (TPSA) is 61.4 Å². The van der Waals surface area contributed by atoms with E-state index in [2.05, 4.69) is 16.7 Å². The second-order valence-electron chi connectivity index (χ2n) is 6.31. The molecule has 0 bridgehead atoms. The molecule has 1 aliphatic heterocycles. The number of para-hydroxylation sites is 1. The van der Waals surface area contributed by atoms with E-state index in [1.54, 1.807) is 0 Å². The van der Waals surface area contributed by atoms with Crippen LogP contribution in [0.4, 0.5) is 5.69 Å². The molecule has 21 heavy (non-hydrogen) atoms. The van der Waals surface area contributed by atoms with Crippen LogP contribution in [0.3, 0.4) is 0 Å². The Hall–Kier alpha value is -1.88. The van der Waals surface area contributed by atoms with Crippen LogP contribution in [0.5, 0.6) is 0 Å². The van der Waals surface area contributed by atoms with Crippen LogP contribution in [-0.2, 0) is 16.1 Å². The summed E-state index contributed by atoms with van der Waals surface area (Å²) in [6, 6.07) is 8.60. The molecule has 112 valence electrons. The minimum atomic E-state index is -0.733. The molecule has 1 heterocycles. The predicted molar refractivity (Wildman–Crippen MR) is 80.9 cm³/mol. The van der Waals surface area contributed by atoms with Gasteiger partial charge in [0.15, 0.2) is 0 Å². The first-order chi connectivity index (χ1) is 9.98. The van der Waals surface area contributed by atoms with E-state index in [4.69, 9.17) is 0 Å². The number of hydrogen-bond acceptors (Lipinski definition) is 4. The van der Waals surface area contributed by atoms with Crippen molar-refractivity contribution in [2.24, 2.45) is 0 Å². The lowest BCUT2D eigenvalue weighted by Crippen LogP contribution is -2.64. The van der Waals surface area contributed by atoms with Gasteiger partial charge in [0.05, 0.1) is 6.54 Å². The van der Waals surface area contributed by atoms with Gasteiger partial charge in [0, 0.05) is 18.3 Å². The van der Waals surface area contributed by atoms with E-state index in [9.17, 15) is 9.59 Å². The summed E-state index contributed by atoms with van der Waals surface area (Å²) in [6.07, 6.45) is 2.47. The van der Waals surface area contributed by atoms with Crippen LogP contribution in [-0.4, -0.2) is 29.9 Å². The van der Waals surface area contributed by atoms with Gasteiger partial charge in [-0.2, -0.15) is 0 Å². The van der Waals surface area contributed by atoms with Crippen LogP contribution in [0.15, 0.2) is 24.3 Å². The molecular weight excluding hydrogens is 266 g/mol. The van der Waals surface area contributed by atoms with Crippen molar-refractivity contribution in [3.05, 3.63) is 29.8 Å². The Morgan fingerprint density at radius 2 is 2.00 bits per heavy atom. The number of piperazine rings is 1. The standard InChI is InChI=1S/C16H21N3O2/c1-16(2)15(21)18-14(20)10-19(16)13-6-4-3-5-11(13)9-17-12-7-8-12/h3-6,12,17H,7-10H2,1-2H3,(H,18,20,21). The molecule has 2 amide bonds. The maximum atomic E-state index is 12.1. The zero-order valence-corrected chi connectivity index (χ0v) is 12.5. The molecular formula is C16H21N3O2. The lowest BCUT2D eigenvalue weighted by atomic mass is 9.96. The first-order valence-electron chi connectivity index (χ1n) is 7.41. The predicted octanol–water partition coefficient (Wildman–Crippen LogP) is 1.18. The van der Waals surface area contributed by atoms with E-state index in [1.165, 1.54) is 12.8 Å². The molecule has 0 unspecified atom stereocenters. The second-order valence-corrected chi connectivity index (χ2v) is 6.31. The van der Waals surface area contributed by atoms with Crippen LogP contribution >= 0.6 is 0 Å². The Morgan fingerprint density at radius 3 is 2.71 bits per heavy atom. The van der Waals surface area contributed by atoms with Crippen LogP contribution in [0.25, 0.3) is 0 Å². The summed E-state index contributed by atoms with van der Waals surface area (Å²) in [6.45, 7) is 4.67. The molecule has 5 nitrogen and oxygen atoms in total. The Balaban J connectivity index is 1.90. The zero-order chi connectivity index (χ0) is 15.0. The van der Waals surface area contributed by atoms with E-state index < -0.39 is 5.54 Å². The van der Waals surface area contributed by atoms with Crippen molar-refractivity contribution in [2.45, 2.75) is 44.8 Å². The Morgan fingerprint density at radius 1 is 1.29 bits per heavy atom. The molecule has 2 N–H and O–H groups in total. The largest absolute Gasteiger partial charge is 0.348 e. The average molecular weight is 287 g/mol. The van der Waals surface area contributed by atoms with Gasteiger partial charge in [0.25, 0.3) is 5.91 Å². The van der Waals surface area contributed by atoms with E-state index in [0.29, 0.717) is 6.04 Å². The number of carbonyl (C=O) groups is 2. The molecule has 5 heteroatoms. The van der Waals surface area contributed by atoms with Crippen molar-refractivity contribution in [1.82, 2.24) is 10.6 Å². The van der Waals surface area contributed by atoms with Crippen molar-refractivity contribution >= 4 is 17.5 Å². The van der Waals surface area contributed by atoms with Gasteiger partial charge < -0.3 is 10.2 Å². The maximum absolute atomic E-state index is 12.1. The SMILES string of the molecule is CC1(C)C(=O)NC(=O)CN1c1ccccc1CNC1CC1. The monoisotopic (exact) mass is 287 g/mol. The molecule has 1 saturated carbocycles. The third-order valence-electron chi connectivity index (χ3n) is 4.23. The molecule has 0 spiro atoms. The number of imide groups is 1. The van der Waals surface area contributed by atoms with Gasteiger partial charge in [0.2, 0.25) is 5.91 Å². The number of amides is 2. The molecule has 2 fully saturated rings. The highest BCUT2D eigenvalue weighted by atomic mass is 16.2. The van der Waals surface area contributed by atoms with Crippen molar-refractivity contribution in [1.29, 1.82) is 0 Å². The number of rotatable bonds is 4. The van der Waals surface area contributed by atoms with Gasteiger partial charge in [-0.15, -0.1) is 0 Å². The number of carbonyl (C=O) groups excluding carboxylic acids is 2. The fraction of sp³-hybridized carbons (Fsp3) is 0.500. The molecule has 3 rings (SSSR count). The Labute approximate surface area is 124 Å². The lowest BCUT2D eigenvalue weighted by molar-refractivity contribution is -0.135. The number of anilines is 1. The molecule has 1 aromatic carbocycles. The van der Waals surface area contributed by atoms with Gasteiger partial charge >= 0.3 is 0 Å². The highest BCUT2D eigenvalue weighted by Gasteiger charge is 2.41. The molecule has 0 atom stereocenters. The minimum absolute atomic E-state index is 0.208. The summed E-state index contributed by atoms with van der Waals surface area (Å²) >= 11 is 0. The number of benzene rings is 1. The summed E-state index contributed by atoms with van der Waals surface area (Å²) in [5, 5.41) is 5.90. The fourth-order valence-corrected chi connectivity index (χ4v) is 2.63. The first-order valence-corrected chi connectivity index (χ1v) is 7.41. The lowest BCUT2D eigenvalue weighted by Gasteiger charge is -2.42. The van der Waals surface area contributed by atoms with Crippen LogP contribution in [0.2, 0.25) is 0 Å². The first kappa shape index (κ1) is 14.1. The van der Waals surface area contributed by atoms with Crippen LogP contribution < -0.4 is 15.5 Å². The molecule has 2 aliphatic rings. The summed E-state index contributed by atoms with van der Waals surface area (Å²) in [5.41, 5.74) is 1.35. The number of nitrogens with zero attached hydrogens (tertiary/aromatic N) is 1. The van der Waals surface area contributed by atoms with E-state index in [-0.39, 0.29) is 18.4 Å². The summed E-state index contributed by atoms with van der Waals surface area (Å²) < 4.78 is 0. The quantitative estimate of drug-likeness (QED) is 0.816. The Kier molecular flexibility index (Phi) is 3.45. The zero-order valence-electron chi connectivity index (χ0n) is 12.5. The smallest absolute Gasteiger partial charge is 0.251 e. The van der Waals surface area contributed by atoms with Gasteiger partial charge in [0.1, 0.15) is 5.54 Å². The van der Waals surface area contributed by atoms with Crippen LogP contribution in [0, 0.1) is 0 Å². The molecule has 1 aliphatic carbocycles. The second kappa shape index (κ2) is 5.15. The van der Waals surface area contributed by atoms with Crippen molar-refractivity contribution in [3.8, 4) is 0 Å². The van der Waals surface area contributed by atoms with Gasteiger partial charge in [-0.25, -0.2) is 0 Å². The molecule has 0 radical (unpaired) electrons. The van der Waals surface area contributed by atoms with Crippen molar-refractivity contribution < 1.29 is 9.59 Å². The van der Waals surface area contributed by atoms with Crippen molar-refractivity contribution in [3.63, 3.8) is 0 Å². The summed E-state index contributed by atoms with van der Waals surface area (Å²) in [7, 11) is 0. The number of nitrogens with one attached hydrogen (secondary N) is 2. The molecule has 1 saturated heterocycles. The molecule has 1 aromatic rings. The highest BCUT2D eigenvalue weighted by Crippen LogP contribution is 2.30. The van der Waals surface area contributed by atoms with Gasteiger partial charge in [-0.3, -0.25) is 14.9 Å². The third-order valence-corrected chi connectivity index (χ3v) is 4.23. The Bertz CT molecular complexity index is 579.